The second-order valence-corrected chi connectivity index (χ2v) is 9.05. The number of hydrogen-bond acceptors (Lipinski definition) is 8. The number of benzene rings is 1. The van der Waals surface area contributed by atoms with Crippen LogP contribution in [0.4, 0.5) is 11.4 Å². The van der Waals surface area contributed by atoms with Crippen LogP contribution in [0.2, 0.25) is 0 Å². The van der Waals surface area contributed by atoms with Gasteiger partial charge < -0.3 is 30.0 Å². The summed E-state index contributed by atoms with van der Waals surface area (Å²) in [6, 6.07) is 12.7. The summed E-state index contributed by atoms with van der Waals surface area (Å²) in [5, 5.41) is 16.8. The molecule has 2 amide bonds. The van der Waals surface area contributed by atoms with E-state index in [2.05, 4.69) is 23.5 Å². The average Bonchev–Trinajstić information content (AvgIpc) is 3.52. The van der Waals surface area contributed by atoms with E-state index >= 15 is 0 Å². The van der Waals surface area contributed by atoms with Gasteiger partial charge in [0.05, 0.1) is 11.8 Å². The summed E-state index contributed by atoms with van der Waals surface area (Å²) in [6.45, 7) is 7.07. The molecule has 43 heavy (non-hydrogen) atoms. The number of furan rings is 1. The molecular formula is C33H38N4O6. The molecule has 0 bridgehead atoms. The van der Waals surface area contributed by atoms with Gasteiger partial charge >= 0.3 is 0 Å². The number of terminal acetylenes is 1. The highest BCUT2D eigenvalue weighted by Gasteiger charge is 2.25. The quantitative estimate of drug-likeness (QED) is 0.222. The van der Waals surface area contributed by atoms with Crippen molar-refractivity contribution in [3.05, 3.63) is 116 Å². The van der Waals surface area contributed by atoms with E-state index in [1.165, 1.54) is 22.1 Å². The summed E-state index contributed by atoms with van der Waals surface area (Å²) in [5.41, 5.74) is 0.563. The number of amides is 2. The molecule has 10 heteroatoms. The van der Waals surface area contributed by atoms with Gasteiger partial charge in [-0.15, -0.1) is 12.8 Å². The lowest BCUT2D eigenvalue weighted by atomic mass is 10.1. The third kappa shape index (κ3) is 8.60. The van der Waals surface area contributed by atoms with Gasteiger partial charge in [0.2, 0.25) is 0 Å². The van der Waals surface area contributed by atoms with Crippen molar-refractivity contribution >= 4 is 23.2 Å². The number of nitrogens with zero attached hydrogens (tertiary/aromatic N) is 2. The molecule has 10 nitrogen and oxygen atoms in total. The Labute approximate surface area is 251 Å². The molecule has 0 saturated carbocycles. The van der Waals surface area contributed by atoms with E-state index in [1.54, 1.807) is 31.3 Å². The van der Waals surface area contributed by atoms with Crippen molar-refractivity contribution in [3.63, 3.8) is 0 Å². The number of rotatable bonds is 11. The number of allylic oxidation sites excluding steroid dienone is 2. The first-order valence-corrected chi connectivity index (χ1v) is 13.9. The Kier molecular flexibility index (Phi) is 13.3. The molecule has 0 radical (unpaired) electrons. The highest BCUT2D eigenvalue weighted by Crippen LogP contribution is 2.24. The van der Waals surface area contributed by atoms with Crippen LogP contribution in [0.25, 0.3) is 0 Å². The number of anilines is 2. The minimum absolute atomic E-state index is 0.0422. The van der Waals surface area contributed by atoms with E-state index in [1.807, 2.05) is 51.1 Å². The van der Waals surface area contributed by atoms with E-state index < -0.39 is 10.9 Å². The predicted octanol–water partition coefficient (Wildman–Crippen LogP) is 4.45. The Morgan fingerprint density at radius 2 is 1.65 bits per heavy atom. The van der Waals surface area contributed by atoms with Crippen molar-refractivity contribution < 1.29 is 19.1 Å². The van der Waals surface area contributed by atoms with Crippen molar-refractivity contribution in [1.29, 1.82) is 0 Å². The summed E-state index contributed by atoms with van der Waals surface area (Å²) in [5.74, 6) is -0.649. The first kappa shape index (κ1) is 33.9. The van der Waals surface area contributed by atoms with Gasteiger partial charge in [-0.3, -0.25) is 19.2 Å². The SMILES string of the molecule is C#C.CC.CCN(CCN(C)C(=O)c1ccco1)C(=O)C1=C(O)CC(Nc2c(NCc3ccccc3)c(=O)c2=O)=CC=C1. The van der Waals surface area contributed by atoms with Crippen molar-refractivity contribution in [2.45, 2.75) is 33.7 Å². The minimum atomic E-state index is -0.648. The standard InChI is InChI=1S/C29H30N4O6.C2H6.C2H2/c1-3-33(15-14-32(2)29(38)23-13-8-16-39-23)28(37)21-12-7-11-20(17-22(21)34)31-25-24(26(35)27(25)36)30-18-19-9-5-4-6-10-19;2*1-2/h4-13,16,30-31,34H,3,14-15,17-18H2,1-2H3;1-2H3;1-2H. The average molecular weight is 587 g/mol. The molecule has 1 aromatic heterocycles. The van der Waals surface area contributed by atoms with Gasteiger partial charge in [-0.2, -0.15) is 0 Å². The summed E-state index contributed by atoms with van der Waals surface area (Å²) >= 11 is 0. The van der Waals surface area contributed by atoms with Crippen LogP contribution < -0.4 is 21.5 Å². The first-order valence-electron chi connectivity index (χ1n) is 13.9. The Morgan fingerprint density at radius 1 is 0.977 bits per heavy atom. The van der Waals surface area contributed by atoms with Gasteiger partial charge in [-0.1, -0.05) is 50.3 Å². The van der Waals surface area contributed by atoms with Crippen molar-refractivity contribution in [2.24, 2.45) is 0 Å². The maximum Gasteiger partial charge on any atom is 0.289 e. The highest BCUT2D eigenvalue weighted by atomic mass is 16.3. The van der Waals surface area contributed by atoms with Crippen molar-refractivity contribution in [3.8, 4) is 12.8 Å². The van der Waals surface area contributed by atoms with Crippen LogP contribution in [0.3, 0.4) is 0 Å². The van der Waals surface area contributed by atoms with E-state index in [4.69, 9.17) is 4.42 Å². The van der Waals surface area contributed by atoms with Crippen LogP contribution in [0.15, 0.2) is 98.0 Å². The van der Waals surface area contributed by atoms with E-state index in [0.29, 0.717) is 18.8 Å². The van der Waals surface area contributed by atoms with Crippen LogP contribution in [-0.4, -0.2) is 53.4 Å². The first-order chi connectivity index (χ1) is 20.8. The summed E-state index contributed by atoms with van der Waals surface area (Å²) in [6.07, 6.45) is 14.1. The molecule has 3 aromatic rings. The van der Waals surface area contributed by atoms with Gasteiger partial charge in [-0.05, 0) is 36.8 Å². The Bertz CT molecular complexity index is 1540. The number of carbonyl (C=O) groups is 2. The third-order valence-corrected chi connectivity index (χ3v) is 6.42. The van der Waals surface area contributed by atoms with Crippen molar-refractivity contribution in [1.82, 2.24) is 9.80 Å². The van der Waals surface area contributed by atoms with Crippen LogP contribution in [0.1, 0.15) is 43.3 Å². The zero-order valence-electron chi connectivity index (χ0n) is 24.9. The topological polar surface area (TPSA) is 132 Å². The molecule has 4 rings (SSSR count). The maximum absolute atomic E-state index is 13.2. The monoisotopic (exact) mass is 586 g/mol. The molecule has 0 fully saturated rings. The summed E-state index contributed by atoms with van der Waals surface area (Å²) in [7, 11) is 1.62. The number of aliphatic hydroxyl groups is 1. The fourth-order valence-electron chi connectivity index (χ4n) is 4.13. The molecule has 2 aromatic carbocycles. The van der Waals surface area contributed by atoms with Crippen LogP contribution >= 0.6 is 0 Å². The van der Waals surface area contributed by atoms with Crippen LogP contribution in [0.5, 0.6) is 0 Å². The summed E-state index contributed by atoms with van der Waals surface area (Å²) in [4.78, 5) is 53.0. The number of carbonyl (C=O) groups excluding carboxylic acids is 2. The Hall–Kier alpha value is -5.30. The molecule has 3 N–H and O–H groups in total. The third-order valence-electron chi connectivity index (χ3n) is 6.42. The zero-order chi connectivity index (χ0) is 31.9. The van der Waals surface area contributed by atoms with Gasteiger partial charge in [0.15, 0.2) is 5.76 Å². The van der Waals surface area contributed by atoms with Gasteiger partial charge in [-0.25, -0.2) is 0 Å². The smallest absolute Gasteiger partial charge is 0.289 e. The lowest BCUT2D eigenvalue weighted by molar-refractivity contribution is -0.127. The molecule has 1 aliphatic rings. The van der Waals surface area contributed by atoms with Gasteiger partial charge in [0.1, 0.15) is 17.1 Å². The Morgan fingerprint density at radius 3 is 2.28 bits per heavy atom. The molecule has 0 saturated heterocycles. The number of hydrogen-bond donors (Lipinski definition) is 3. The second-order valence-electron chi connectivity index (χ2n) is 9.05. The minimum Gasteiger partial charge on any atom is -0.511 e. The zero-order valence-corrected chi connectivity index (χ0v) is 24.9. The lowest BCUT2D eigenvalue weighted by Gasteiger charge is -2.25. The second kappa shape index (κ2) is 16.8. The number of aliphatic hydroxyl groups excluding tert-OH is 1. The lowest BCUT2D eigenvalue weighted by Crippen LogP contribution is -2.40. The van der Waals surface area contributed by atoms with Crippen LogP contribution in [0, 0.1) is 12.8 Å². The number of nitrogens with one attached hydrogen (secondary N) is 2. The molecular weight excluding hydrogens is 548 g/mol. The van der Waals surface area contributed by atoms with Gasteiger partial charge in [0.25, 0.3) is 22.7 Å². The van der Waals surface area contributed by atoms with Crippen molar-refractivity contribution in [2.75, 3.05) is 37.3 Å². The normalized spacial score (nSPS) is 12.1. The molecule has 0 spiro atoms. The van der Waals surface area contributed by atoms with E-state index in [-0.39, 0.29) is 59.8 Å². The fraction of sp³-hybridized carbons (Fsp3) is 0.273. The number of likely N-dealkylation sites (N-methyl/N-ethyl adjacent to an activating group) is 2. The molecule has 1 aliphatic carbocycles. The molecule has 0 aliphatic heterocycles. The van der Waals surface area contributed by atoms with E-state index in [0.717, 1.165) is 5.56 Å². The maximum atomic E-state index is 13.2. The van der Waals surface area contributed by atoms with Crippen LogP contribution in [-0.2, 0) is 11.3 Å². The molecule has 1 heterocycles. The molecule has 0 atom stereocenters. The van der Waals surface area contributed by atoms with Gasteiger partial charge in [0, 0.05) is 45.3 Å². The highest BCUT2D eigenvalue weighted by molar-refractivity contribution is 5.97. The summed E-state index contributed by atoms with van der Waals surface area (Å²) < 4.78 is 5.14. The molecule has 0 unspecified atom stereocenters. The van der Waals surface area contributed by atoms with E-state index in [9.17, 15) is 24.3 Å². The largest absolute Gasteiger partial charge is 0.511 e. The molecule has 226 valence electrons. The predicted molar refractivity (Wildman–Crippen MR) is 169 cm³/mol. The Balaban J connectivity index is 0.00000155. The fourth-order valence-corrected chi connectivity index (χ4v) is 4.13.